The summed E-state index contributed by atoms with van der Waals surface area (Å²) >= 11 is 0. The van der Waals surface area contributed by atoms with Crippen molar-refractivity contribution in [2.75, 3.05) is 28.2 Å². The highest BCUT2D eigenvalue weighted by atomic mass is 19.1. The number of nitrogens with one attached hydrogen (secondary N) is 1. The lowest BCUT2D eigenvalue weighted by atomic mass is 9.87. The molecule has 1 aromatic carbocycles. The number of carbonyl (C=O) groups is 4. The summed E-state index contributed by atoms with van der Waals surface area (Å²) in [5.74, 6) is -0.616. The number of nitrogens with zero attached hydrogens (tertiary/aromatic N) is 5. The Bertz CT molecular complexity index is 1700. The number of Topliss-reactive ketones (excluding diaryl/α,β-unsaturated/α-hetero) is 1. The fourth-order valence-electron chi connectivity index (χ4n) is 4.41. The van der Waals surface area contributed by atoms with Gasteiger partial charge in [0, 0.05) is 46.4 Å². The number of fused-ring (bicyclic) bond motifs is 1. The number of hydrogen-bond acceptors (Lipinski definition) is 9. The number of carbonyl (C=O) groups excluding carboxylic acids is 4. The van der Waals surface area contributed by atoms with Crippen LogP contribution in [0.4, 0.5) is 9.18 Å². The smallest absolute Gasteiger partial charge is 0.409 e. The van der Waals surface area contributed by atoms with Crippen molar-refractivity contribution in [3.63, 3.8) is 0 Å². The Morgan fingerprint density at radius 1 is 1.04 bits per heavy atom. The van der Waals surface area contributed by atoms with Gasteiger partial charge in [-0.25, -0.2) is 19.2 Å². The van der Waals surface area contributed by atoms with Crippen molar-refractivity contribution in [3.05, 3.63) is 69.9 Å². The van der Waals surface area contributed by atoms with Gasteiger partial charge in [-0.3, -0.25) is 23.7 Å². The number of aromatic amines is 1. The summed E-state index contributed by atoms with van der Waals surface area (Å²) in [5.41, 5.74) is 1.21. The highest BCUT2D eigenvalue weighted by molar-refractivity contribution is 5.88. The van der Waals surface area contributed by atoms with Crippen LogP contribution in [0.2, 0.25) is 0 Å². The summed E-state index contributed by atoms with van der Waals surface area (Å²) < 4.78 is 25.6. The molecule has 0 aliphatic heterocycles. The molecule has 268 valence electrons. The van der Waals surface area contributed by atoms with Crippen molar-refractivity contribution in [2.45, 2.75) is 85.5 Å². The Morgan fingerprint density at radius 3 is 2.27 bits per heavy atom. The van der Waals surface area contributed by atoms with Crippen molar-refractivity contribution in [2.24, 2.45) is 5.41 Å². The quantitative estimate of drug-likeness (QED) is 0.215. The van der Waals surface area contributed by atoms with Crippen LogP contribution in [0.3, 0.4) is 0 Å². The predicted molar refractivity (Wildman–Crippen MR) is 183 cm³/mol. The van der Waals surface area contributed by atoms with Gasteiger partial charge in [-0.15, -0.1) is 0 Å². The Kier molecular flexibility index (Phi) is 14.4. The van der Waals surface area contributed by atoms with Crippen LogP contribution < -0.4 is 5.56 Å². The van der Waals surface area contributed by atoms with Gasteiger partial charge in [-0.2, -0.15) is 0 Å². The average molecular weight is 685 g/mol. The van der Waals surface area contributed by atoms with E-state index in [0.717, 1.165) is 5.56 Å². The minimum atomic E-state index is -1.13. The largest absolute Gasteiger partial charge is 0.462 e. The van der Waals surface area contributed by atoms with Gasteiger partial charge >= 0.3 is 6.09 Å². The fraction of sp³-hybridized carbons (Fsp3) is 0.514. The molecule has 13 nitrogen and oxygen atoms in total. The van der Waals surface area contributed by atoms with E-state index in [-0.39, 0.29) is 47.7 Å². The average Bonchev–Trinajstić information content (AvgIpc) is 3.37. The minimum Gasteiger partial charge on any atom is -0.462 e. The number of ketones is 1. The SMILES string of the molecule is CC(C)(C)OC=O.CN(C)C(=O)/C=C/CC[C@H](OC(=O)N(C)C)C(=O)Cc1cncn(Cc2nc3c(CC(C)(C)C)cc(F)cc3[nH]2)c1=O. The molecular weight excluding hydrogens is 635 g/mol. The lowest BCUT2D eigenvalue weighted by Crippen LogP contribution is -2.35. The molecule has 0 spiro atoms. The Balaban J connectivity index is 0.00000107. The van der Waals surface area contributed by atoms with Gasteiger partial charge in [-0.05, 0) is 69.2 Å². The number of rotatable bonds is 12. The monoisotopic (exact) mass is 684 g/mol. The van der Waals surface area contributed by atoms with Crippen molar-refractivity contribution < 1.29 is 33.0 Å². The van der Waals surface area contributed by atoms with E-state index in [2.05, 4.69) is 40.5 Å². The first-order valence-corrected chi connectivity index (χ1v) is 15.8. The molecule has 0 radical (unpaired) electrons. The van der Waals surface area contributed by atoms with E-state index in [0.29, 0.717) is 36.2 Å². The van der Waals surface area contributed by atoms with E-state index in [1.165, 1.54) is 59.2 Å². The lowest BCUT2D eigenvalue weighted by molar-refractivity contribution is -0.138. The van der Waals surface area contributed by atoms with Gasteiger partial charge in [-0.1, -0.05) is 26.8 Å². The van der Waals surface area contributed by atoms with Gasteiger partial charge in [0.25, 0.3) is 12.0 Å². The third-order valence-corrected chi connectivity index (χ3v) is 6.72. The zero-order chi connectivity index (χ0) is 37.1. The van der Waals surface area contributed by atoms with Gasteiger partial charge in [0.1, 0.15) is 17.2 Å². The summed E-state index contributed by atoms with van der Waals surface area (Å²) in [6.07, 6.45) is 4.57. The summed E-state index contributed by atoms with van der Waals surface area (Å²) in [6, 6.07) is 2.85. The molecule has 0 unspecified atom stereocenters. The first-order valence-electron chi connectivity index (χ1n) is 15.8. The maximum absolute atomic E-state index is 14.3. The van der Waals surface area contributed by atoms with E-state index in [4.69, 9.17) is 4.74 Å². The van der Waals surface area contributed by atoms with Gasteiger partial charge in [0.2, 0.25) is 5.91 Å². The molecular formula is C35H49FN6O7. The minimum absolute atomic E-state index is 0.0306. The second-order valence-electron chi connectivity index (χ2n) is 14.2. The van der Waals surface area contributed by atoms with Crippen LogP contribution in [-0.4, -0.2) is 93.5 Å². The van der Waals surface area contributed by atoms with E-state index < -0.39 is 23.5 Å². The maximum atomic E-state index is 14.3. The number of ether oxygens (including phenoxy) is 2. The molecule has 0 saturated heterocycles. The topological polar surface area (TPSA) is 157 Å². The number of benzene rings is 1. The lowest BCUT2D eigenvalue weighted by Gasteiger charge is -2.19. The summed E-state index contributed by atoms with van der Waals surface area (Å²) in [4.78, 5) is 74.6. The molecule has 0 aliphatic carbocycles. The number of hydrogen-bond donors (Lipinski definition) is 1. The van der Waals surface area contributed by atoms with E-state index in [9.17, 15) is 28.4 Å². The van der Waals surface area contributed by atoms with Crippen LogP contribution in [0.1, 0.15) is 71.3 Å². The molecule has 14 heteroatoms. The first kappa shape index (κ1) is 40.3. The molecule has 0 fully saturated rings. The van der Waals surface area contributed by atoms with E-state index >= 15 is 0 Å². The summed E-state index contributed by atoms with van der Waals surface area (Å²) in [6.45, 7) is 12.1. The van der Waals surface area contributed by atoms with Gasteiger partial charge < -0.3 is 24.3 Å². The molecule has 2 amide bonds. The number of amides is 2. The van der Waals surface area contributed by atoms with Gasteiger partial charge in [0.15, 0.2) is 11.9 Å². The second-order valence-corrected chi connectivity index (χ2v) is 14.2. The molecule has 2 heterocycles. The number of allylic oxidation sites excluding steroid dienone is 1. The highest BCUT2D eigenvalue weighted by Crippen LogP contribution is 2.27. The third-order valence-electron chi connectivity index (χ3n) is 6.72. The standard InChI is InChI=1S/C30H39FN6O5.C5H10O2/c1-30(2,3)15-19-12-21(31)14-22-27(19)34-25(33-22)17-37-18-32-16-20(28(37)40)13-23(38)24(42-29(41)36(6)7)10-8-9-11-26(39)35(4)5;1-5(2,3)7-4-6/h9,11-12,14,16,18,24H,8,10,13,15,17H2,1-7H3,(H,33,34);4H,1-3H3/b11-9+;/t24-;/m0./s1. The molecule has 3 aromatic rings. The van der Waals surface area contributed by atoms with Crippen molar-refractivity contribution in [3.8, 4) is 0 Å². The van der Waals surface area contributed by atoms with Crippen molar-refractivity contribution in [1.29, 1.82) is 0 Å². The van der Waals surface area contributed by atoms with Gasteiger partial charge in [0.05, 0.1) is 23.9 Å². The van der Waals surface area contributed by atoms with Crippen LogP contribution in [0.15, 0.2) is 41.6 Å². The molecule has 0 aliphatic rings. The number of H-pyrrole nitrogens is 1. The zero-order valence-electron chi connectivity index (χ0n) is 30.1. The number of aromatic nitrogens is 4. The Hall–Kier alpha value is -4.88. The number of imidazole rings is 1. The summed E-state index contributed by atoms with van der Waals surface area (Å²) in [5, 5.41) is 0. The summed E-state index contributed by atoms with van der Waals surface area (Å²) in [7, 11) is 6.24. The van der Waals surface area contributed by atoms with Crippen LogP contribution >= 0.6 is 0 Å². The predicted octanol–water partition coefficient (Wildman–Crippen LogP) is 4.46. The first-order chi connectivity index (χ1) is 22.7. The number of halogens is 1. The molecule has 49 heavy (non-hydrogen) atoms. The molecule has 0 saturated carbocycles. The van der Waals surface area contributed by atoms with E-state index in [1.54, 1.807) is 20.2 Å². The fourth-order valence-corrected chi connectivity index (χ4v) is 4.41. The normalized spacial score (nSPS) is 12.2. The molecule has 1 atom stereocenters. The molecule has 0 bridgehead atoms. The molecule has 1 N–H and O–H groups in total. The zero-order valence-corrected chi connectivity index (χ0v) is 30.1. The third kappa shape index (κ3) is 13.6. The van der Waals surface area contributed by atoms with Crippen LogP contribution in [0.25, 0.3) is 11.0 Å². The van der Waals surface area contributed by atoms with E-state index in [1.807, 2.05) is 20.8 Å². The second kappa shape index (κ2) is 17.5. The number of likely N-dealkylation sites (N-methyl/N-ethyl adjacent to an activating group) is 1. The van der Waals surface area contributed by atoms with Crippen LogP contribution in [0, 0.1) is 11.2 Å². The van der Waals surface area contributed by atoms with Crippen LogP contribution in [0.5, 0.6) is 0 Å². The Labute approximate surface area is 286 Å². The van der Waals surface area contributed by atoms with Crippen molar-refractivity contribution in [1.82, 2.24) is 29.3 Å². The molecule has 3 rings (SSSR count). The van der Waals surface area contributed by atoms with Crippen LogP contribution in [-0.2, 0) is 43.2 Å². The maximum Gasteiger partial charge on any atom is 0.409 e. The van der Waals surface area contributed by atoms with Crippen molar-refractivity contribution >= 4 is 35.3 Å². The highest BCUT2D eigenvalue weighted by Gasteiger charge is 2.25. The Morgan fingerprint density at radius 2 is 1.71 bits per heavy atom. The molecule has 2 aromatic heterocycles.